The van der Waals surface area contributed by atoms with Gasteiger partial charge in [0.25, 0.3) is 5.91 Å². The maximum absolute atomic E-state index is 14.3. The molecule has 10 heteroatoms. The van der Waals surface area contributed by atoms with Crippen LogP contribution in [0.5, 0.6) is 0 Å². The van der Waals surface area contributed by atoms with E-state index in [2.05, 4.69) is 26.0 Å². The van der Waals surface area contributed by atoms with Gasteiger partial charge in [-0.1, -0.05) is 41.1 Å². The average molecular weight is 500 g/mol. The number of hydrogen-bond donors (Lipinski definition) is 4. The molecule has 184 valence electrons. The summed E-state index contributed by atoms with van der Waals surface area (Å²) < 4.78 is 14.3. The van der Waals surface area contributed by atoms with Crippen LogP contribution in [0.15, 0.2) is 48.7 Å². The van der Waals surface area contributed by atoms with Gasteiger partial charge >= 0.3 is 5.97 Å². The summed E-state index contributed by atoms with van der Waals surface area (Å²) in [7, 11) is 0. The Morgan fingerprint density at radius 3 is 2.57 bits per heavy atom. The van der Waals surface area contributed by atoms with Crippen LogP contribution in [-0.4, -0.2) is 51.5 Å². The van der Waals surface area contributed by atoms with Crippen molar-refractivity contribution in [2.24, 2.45) is 11.8 Å². The summed E-state index contributed by atoms with van der Waals surface area (Å²) in [6, 6.07) is 11.3. The molecule has 4 N–H and O–H groups in total. The van der Waals surface area contributed by atoms with Gasteiger partial charge in [0, 0.05) is 16.6 Å². The van der Waals surface area contributed by atoms with E-state index in [-0.39, 0.29) is 23.8 Å². The number of aromatic amines is 1. The smallest absolute Gasteiger partial charge is 0.306 e. The van der Waals surface area contributed by atoms with Gasteiger partial charge in [-0.3, -0.25) is 14.7 Å². The zero-order valence-corrected chi connectivity index (χ0v) is 19.8. The number of carbonyl (C=O) groups excluding carboxylic acids is 1. The van der Waals surface area contributed by atoms with Crippen LogP contribution in [0.25, 0.3) is 11.1 Å². The number of carbonyl (C=O) groups is 2. The first-order valence-corrected chi connectivity index (χ1v) is 11.9. The first-order chi connectivity index (χ1) is 16.9. The number of carboxylic acid groups (broad SMARTS) is 1. The molecule has 1 amide bonds. The molecule has 0 spiro atoms. The highest BCUT2D eigenvalue weighted by atomic mass is 35.5. The molecule has 0 saturated carbocycles. The Kier molecular flexibility index (Phi) is 8.09. The number of halogens is 2. The van der Waals surface area contributed by atoms with Gasteiger partial charge < -0.3 is 15.7 Å². The number of carboxylic acids is 1. The van der Waals surface area contributed by atoms with E-state index in [1.807, 2.05) is 12.1 Å². The molecular weight excluding hydrogens is 473 g/mol. The molecule has 2 aromatic carbocycles. The molecule has 1 aromatic heterocycles. The van der Waals surface area contributed by atoms with E-state index in [0.717, 1.165) is 31.5 Å². The number of benzene rings is 2. The Balaban J connectivity index is 1.53. The maximum Gasteiger partial charge on any atom is 0.306 e. The minimum atomic E-state index is -0.855. The van der Waals surface area contributed by atoms with Gasteiger partial charge in [0.1, 0.15) is 11.5 Å². The highest BCUT2D eigenvalue weighted by Crippen LogP contribution is 2.29. The highest BCUT2D eigenvalue weighted by Gasteiger charge is 2.32. The molecule has 35 heavy (non-hydrogen) atoms. The Morgan fingerprint density at radius 2 is 1.91 bits per heavy atom. The van der Waals surface area contributed by atoms with E-state index in [9.17, 15) is 19.1 Å². The third-order valence-electron chi connectivity index (χ3n) is 6.48. The molecule has 0 aliphatic carbocycles. The minimum absolute atomic E-state index is 0.0372. The molecule has 0 radical (unpaired) electrons. The van der Waals surface area contributed by atoms with Crippen molar-refractivity contribution in [3.05, 3.63) is 70.8 Å². The number of nitrogens with one attached hydrogen (secondary N) is 3. The lowest BCUT2D eigenvalue weighted by atomic mass is 9.80. The average Bonchev–Trinajstić information content (AvgIpc) is 3.40. The van der Waals surface area contributed by atoms with Crippen molar-refractivity contribution in [2.75, 3.05) is 13.1 Å². The number of H-pyrrole nitrogens is 1. The van der Waals surface area contributed by atoms with E-state index in [4.69, 9.17) is 11.6 Å². The summed E-state index contributed by atoms with van der Waals surface area (Å²) in [6.45, 7) is 1.57. The van der Waals surface area contributed by atoms with Gasteiger partial charge in [0.2, 0.25) is 0 Å². The summed E-state index contributed by atoms with van der Waals surface area (Å²) in [4.78, 5) is 24.9. The fourth-order valence-corrected chi connectivity index (χ4v) is 4.81. The van der Waals surface area contributed by atoms with Gasteiger partial charge in [-0.2, -0.15) is 0 Å². The van der Waals surface area contributed by atoms with E-state index in [0.29, 0.717) is 22.6 Å². The highest BCUT2D eigenvalue weighted by molar-refractivity contribution is 6.30. The number of piperidine rings is 1. The lowest BCUT2D eigenvalue weighted by Gasteiger charge is -2.31. The molecule has 2 atom stereocenters. The van der Waals surface area contributed by atoms with Crippen LogP contribution in [0, 0.1) is 17.7 Å². The third kappa shape index (κ3) is 6.43. The predicted molar refractivity (Wildman–Crippen MR) is 130 cm³/mol. The second-order valence-corrected chi connectivity index (χ2v) is 9.27. The van der Waals surface area contributed by atoms with E-state index >= 15 is 0 Å². The minimum Gasteiger partial charge on any atom is -0.481 e. The summed E-state index contributed by atoms with van der Waals surface area (Å²) in [5.41, 5.74) is 2.17. The molecule has 8 nitrogen and oxygen atoms in total. The number of nitrogens with zero attached hydrogens (tertiary/aromatic N) is 2. The van der Waals surface area contributed by atoms with Crippen LogP contribution in [0.3, 0.4) is 0 Å². The third-order valence-corrected chi connectivity index (χ3v) is 6.71. The number of rotatable bonds is 9. The standard InChI is InChI=1S/C25H27ClFN5O3/c26-18-5-6-22(27)20(12-18)16-3-1-15(2-4-16)11-19(30-24(33)23-14-29-32-31-23)13-21(25(34)35)17-7-9-28-10-8-17/h1-6,12,14,17,19,21,28H,7-11,13H2,(H,30,33)(H,34,35)(H,29,31,32)/t19-,21?/m1/s1. The molecule has 0 bridgehead atoms. The Morgan fingerprint density at radius 1 is 1.17 bits per heavy atom. The second-order valence-electron chi connectivity index (χ2n) is 8.83. The summed E-state index contributed by atoms with van der Waals surface area (Å²) in [5.74, 6) is -2.16. The number of aliphatic carboxylic acids is 1. The fraction of sp³-hybridized carbons (Fsp3) is 0.360. The lowest BCUT2D eigenvalue weighted by Crippen LogP contribution is -2.42. The largest absolute Gasteiger partial charge is 0.481 e. The molecule has 1 aliphatic rings. The lowest BCUT2D eigenvalue weighted by molar-refractivity contribution is -0.144. The first kappa shape index (κ1) is 24.8. The zero-order chi connectivity index (χ0) is 24.8. The predicted octanol–water partition coefficient (Wildman–Crippen LogP) is 3.70. The van der Waals surface area contributed by atoms with Crippen molar-refractivity contribution in [1.29, 1.82) is 0 Å². The van der Waals surface area contributed by atoms with Crippen LogP contribution < -0.4 is 10.6 Å². The molecular formula is C25H27ClFN5O3. The quantitative estimate of drug-likeness (QED) is 0.356. The van der Waals surface area contributed by atoms with E-state index < -0.39 is 23.8 Å². The van der Waals surface area contributed by atoms with E-state index in [1.54, 1.807) is 18.2 Å². The first-order valence-electron chi connectivity index (χ1n) is 11.6. The summed E-state index contributed by atoms with van der Waals surface area (Å²) in [6.07, 6.45) is 3.59. The van der Waals surface area contributed by atoms with Crippen molar-refractivity contribution in [2.45, 2.75) is 31.7 Å². The van der Waals surface area contributed by atoms with Crippen LogP contribution in [0.1, 0.15) is 35.3 Å². The number of amides is 1. The molecule has 1 aliphatic heterocycles. The van der Waals surface area contributed by atoms with E-state index in [1.165, 1.54) is 18.3 Å². The topological polar surface area (TPSA) is 120 Å². The van der Waals surface area contributed by atoms with Crippen molar-refractivity contribution in [3.63, 3.8) is 0 Å². The SMILES string of the molecule is O=C(N[C@H](Cc1ccc(-c2cc(Cl)ccc2F)cc1)CC(C(=O)O)C1CCNCC1)c1cnn[nH]1. The molecule has 1 unspecified atom stereocenters. The molecule has 4 rings (SSSR count). The van der Waals surface area contributed by atoms with Crippen molar-refractivity contribution in [3.8, 4) is 11.1 Å². The van der Waals surface area contributed by atoms with Crippen molar-refractivity contribution < 1.29 is 19.1 Å². The number of aromatic nitrogens is 3. The normalized spacial score (nSPS) is 15.9. The number of hydrogen-bond acceptors (Lipinski definition) is 5. The Hall–Kier alpha value is -3.30. The maximum atomic E-state index is 14.3. The van der Waals surface area contributed by atoms with Gasteiger partial charge in [-0.25, -0.2) is 4.39 Å². The monoisotopic (exact) mass is 499 g/mol. The van der Waals surface area contributed by atoms with Crippen molar-refractivity contribution >= 4 is 23.5 Å². The van der Waals surface area contributed by atoms with Gasteiger partial charge in [-0.15, -0.1) is 5.10 Å². The van der Waals surface area contributed by atoms with Crippen LogP contribution in [-0.2, 0) is 11.2 Å². The van der Waals surface area contributed by atoms with Gasteiger partial charge in [0.15, 0.2) is 0 Å². The Labute approximate surface area is 207 Å². The van der Waals surface area contributed by atoms with Gasteiger partial charge in [-0.05, 0) is 74.0 Å². The summed E-state index contributed by atoms with van der Waals surface area (Å²) in [5, 5.41) is 26.4. The second kappa shape index (κ2) is 11.4. The summed E-state index contributed by atoms with van der Waals surface area (Å²) >= 11 is 6.03. The van der Waals surface area contributed by atoms with Crippen molar-refractivity contribution in [1.82, 2.24) is 26.0 Å². The molecule has 1 fully saturated rings. The molecule has 1 saturated heterocycles. The molecule has 3 aromatic rings. The fourth-order valence-electron chi connectivity index (χ4n) is 4.64. The van der Waals surface area contributed by atoms with Crippen LogP contribution >= 0.6 is 11.6 Å². The van der Waals surface area contributed by atoms with Gasteiger partial charge in [0.05, 0.1) is 12.1 Å². The Bertz CT molecular complexity index is 1150. The zero-order valence-electron chi connectivity index (χ0n) is 19.0. The van der Waals surface area contributed by atoms with Crippen LogP contribution in [0.4, 0.5) is 4.39 Å². The van der Waals surface area contributed by atoms with Crippen LogP contribution in [0.2, 0.25) is 5.02 Å². The molecule has 2 heterocycles.